The number of hydrogen-bond acceptors (Lipinski definition) is 3. The molecule has 4 nitrogen and oxygen atoms in total. The van der Waals surface area contributed by atoms with E-state index in [0.717, 1.165) is 37.2 Å². The number of para-hydroxylation sites is 1. The maximum atomic E-state index is 12.0. The Balaban J connectivity index is 1.83. The lowest BCUT2D eigenvalue weighted by Crippen LogP contribution is -2.40. The van der Waals surface area contributed by atoms with E-state index in [1.54, 1.807) is 6.92 Å². The molecule has 1 aromatic rings. The molecule has 0 aromatic heterocycles. The molecule has 110 valence electrons. The van der Waals surface area contributed by atoms with Gasteiger partial charge in [0.25, 0.3) is 5.91 Å². The summed E-state index contributed by atoms with van der Waals surface area (Å²) >= 11 is 0. The van der Waals surface area contributed by atoms with Gasteiger partial charge in [-0.2, -0.15) is 0 Å². The smallest absolute Gasteiger partial charge is 0.260 e. The summed E-state index contributed by atoms with van der Waals surface area (Å²) in [4.78, 5) is 12.0. The highest BCUT2D eigenvalue weighted by Crippen LogP contribution is 2.19. The molecule has 1 aliphatic heterocycles. The molecule has 1 saturated heterocycles. The summed E-state index contributed by atoms with van der Waals surface area (Å²) in [6.45, 7) is 5.22. The highest BCUT2D eigenvalue weighted by Gasteiger charge is 2.20. The molecule has 1 amide bonds. The van der Waals surface area contributed by atoms with Gasteiger partial charge in [-0.05, 0) is 37.8 Å². The molecule has 1 N–H and O–H groups in total. The van der Waals surface area contributed by atoms with Crippen LogP contribution in [-0.4, -0.2) is 31.3 Å². The van der Waals surface area contributed by atoms with Crippen molar-refractivity contribution in [1.29, 1.82) is 0 Å². The van der Waals surface area contributed by atoms with Gasteiger partial charge in [0, 0.05) is 13.2 Å². The maximum Gasteiger partial charge on any atom is 0.260 e. The van der Waals surface area contributed by atoms with Crippen molar-refractivity contribution in [3.63, 3.8) is 0 Å². The predicted molar refractivity (Wildman–Crippen MR) is 77.9 cm³/mol. The fourth-order valence-corrected chi connectivity index (χ4v) is 2.32. The zero-order chi connectivity index (χ0) is 14.4. The molecule has 0 bridgehead atoms. The third kappa shape index (κ3) is 3.97. The fourth-order valence-electron chi connectivity index (χ4n) is 2.32. The number of nitrogens with one attached hydrogen (secondary N) is 1. The predicted octanol–water partition coefficient (Wildman–Crippen LogP) is 2.31. The summed E-state index contributed by atoms with van der Waals surface area (Å²) in [6, 6.07) is 7.83. The van der Waals surface area contributed by atoms with Crippen molar-refractivity contribution in [3.8, 4) is 5.75 Å². The van der Waals surface area contributed by atoms with Crippen molar-refractivity contribution in [2.45, 2.75) is 45.3 Å². The molecular weight excluding hydrogens is 254 g/mol. The minimum absolute atomic E-state index is 0.0913. The summed E-state index contributed by atoms with van der Waals surface area (Å²) in [6.07, 6.45) is 2.66. The Labute approximate surface area is 120 Å². The first-order valence-corrected chi connectivity index (χ1v) is 7.34. The number of hydrogen-bond donors (Lipinski definition) is 1. The van der Waals surface area contributed by atoms with E-state index in [0.29, 0.717) is 6.54 Å². The normalized spacial score (nSPS) is 19.6. The van der Waals surface area contributed by atoms with Crippen LogP contribution in [0.5, 0.6) is 5.75 Å². The van der Waals surface area contributed by atoms with Crippen LogP contribution in [0.25, 0.3) is 0 Å². The Hall–Kier alpha value is -1.55. The highest BCUT2D eigenvalue weighted by molar-refractivity contribution is 5.80. The average Bonchev–Trinajstić information content (AvgIpc) is 2.98. The van der Waals surface area contributed by atoms with E-state index in [-0.39, 0.29) is 12.0 Å². The number of ether oxygens (including phenoxy) is 2. The van der Waals surface area contributed by atoms with E-state index in [1.807, 2.05) is 24.3 Å². The van der Waals surface area contributed by atoms with Crippen molar-refractivity contribution in [2.24, 2.45) is 0 Å². The molecule has 0 aliphatic carbocycles. The SMILES string of the molecule is CCc1ccccc1O[C@H](C)C(=O)NC[C@@H]1CCCO1. The van der Waals surface area contributed by atoms with E-state index in [1.165, 1.54) is 0 Å². The van der Waals surface area contributed by atoms with Crippen molar-refractivity contribution in [2.75, 3.05) is 13.2 Å². The molecule has 1 heterocycles. The molecule has 2 atom stereocenters. The van der Waals surface area contributed by atoms with Gasteiger partial charge in [0.1, 0.15) is 5.75 Å². The molecule has 2 rings (SSSR count). The number of carbonyl (C=O) groups is 1. The second-order valence-corrected chi connectivity index (χ2v) is 5.10. The van der Waals surface area contributed by atoms with Gasteiger partial charge in [-0.25, -0.2) is 0 Å². The third-order valence-electron chi connectivity index (χ3n) is 3.55. The number of carbonyl (C=O) groups excluding carboxylic acids is 1. The largest absolute Gasteiger partial charge is 0.481 e. The van der Waals surface area contributed by atoms with Crippen LogP contribution in [0, 0.1) is 0 Å². The van der Waals surface area contributed by atoms with Crippen molar-refractivity contribution < 1.29 is 14.3 Å². The minimum Gasteiger partial charge on any atom is -0.481 e. The van der Waals surface area contributed by atoms with E-state index in [2.05, 4.69) is 12.2 Å². The Morgan fingerprint density at radius 3 is 3.00 bits per heavy atom. The first-order chi connectivity index (χ1) is 9.70. The Bertz CT molecular complexity index is 441. The fraction of sp³-hybridized carbons (Fsp3) is 0.562. The zero-order valence-electron chi connectivity index (χ0n) is 12.2. The molecule has 20 heavy (non-hydrogen) atoms. The summed E-state index contributed by atoms with van der Waals surface area (Å²) in [5.74, 6) is 0.696. The van der Waals surface area contributed by atoms with Gasteiger partial charge in [0.05, 0.1) is 6.10 Å². The standard InChI is InChI=1S/C16H23NO3/c1-3-13-7-4-5-9-15(13)20-12(2)16(18)17-11-14-8-6-10-19-14/h4-5,7,9,12,14H,3,6,8,10-11H2,1-2H3,(H,17,18)/t12-,14+/m1/s1. The molecule has 4 heteroatoms. The lowest BCUT2D eigenvalue weighted by atomic mass is 10.1. The van der Waals surface area contributed by atoms with Crippen LogP contribution in [0.3, 0.4) is 0 Å². The lowest BCUT2D eigenvalue weighted by molar-refractivity contribution is -0.127. The van der Waals surface area contributed by atoms with Crippen LogP contribution in [-0.2, 0) is 16.0 Å². The van der Waals surface area contributed by atoms with Crippen LogP contribution in [0.2, 0.25) is 0 Å². The number of amides is 1. The number of rotatable bonds is 6. The topological polar surface area (TPSA) is 47.6 Å². The van der Waals surface area contributed by atoms with Crippen molar-refractivity contribution in [3.05, 3.63) is 29.8 Å². The first-order valence-electron chi connectivity index (χ1n) is 7.34. The number of benzene rings is 1. The van der Waals surface area contributed by atoms with Crippen LogP contribution in [0.1, 0.15) is 32.3 Å². The van der Waals surface area contributed by atoms with E-state index >= 15 is 0 Å². The minimum atomic E-state index is -0.496. The molecule has 0 radical (unpaired) electrons. The third-order valence-corrected chi connectivity index (χ3v) is 3.55. The summed E-state index contributed by atoms with van der Waals surface area (Å²) in [5.41, 5.74) is 1.12. The second-order valence-electron chi connectivity index (χ2n) is 5.10. The molecule has 0 unspecified atom stereocenters. The van der Waals surface area contributed by atoms with Gasteiger partial charge >= 0.3 is 0 Å². The quantitative estimate of drug-likeness (QED) is 0.868. The van der Waals surface area contributed by atoms with Crippen LogP contribution < -0.4 is 10.1 Å². The summed E-state index contributed by atoms with van der Waals surface area (Å²) in [7, 11) is 0. The first kappa shape index (κ1) is 14.9. The van der Waals surface area contributed by atoms with Crippen molar-refractivity contribution in [1.82, 2.24) is 5.32 Å². The summed E-state index contributed by atoms with van der Waals surface area (Å²) in [5, 5.41) is 2.89. The molecular formula is C16H23NO3. The molecule has 0 saturated carbocycles. The molecule has 1 aromatic carbocycles. The number of aryl methyl sites for hydroxylation is 1. The Morgan fingerprint density at radius 2 is 2.30 bits per heavy atom. The van der Waals surface area contributed by atoms with Gasteiger partial charge in [0.15, 0.2) is 6.10 Å². The van der Waals surface area contributed by atoms with Crippen LogP contribution in [0.4, 0.5) is 0 Å². The van der Waals surface area contributed by atoms with Gasteiger partial charge in [-0.1, -0.05) is 25.1 Å². The van der Waals surface area contributed by atoms with Crippen LogP contribution >= 0.6 is 0 Å². The van der Waals surface area contributed by atoms with E-state index in [4.69, 9.17) is 9.47 Å². The second kappa shape index (κ2) is 7.29. The van der Waals surface area contributed by atoms with Gasteiger partial charge in [-0.3, -0.25) is 4.79 Å². The van der Waals surface area contributed by atoms with E-state index < -0.39 is 6.10 Å². The Kier molecular flexibility index (Phi) is 5.41. The van der Waals surface area contributed by atoms with Crippen molar-refractivity contribution >= 4 is 5.91 Å². The van der Waals surface area contributed by atoms with Gasteiger partial charge in [-0.15, -0.1) is 0 Å². The van der Waals surface area contributed by atoms with E-state index in [9.17, 15) is 4.79 Å². The lowest BCUT2D eigenvalue weighted by Gasteiger charge is -2.18. The van der Waals surface area contributed by atoms with Crippen LogP contribution in [0.15, 0.2) is 24.3 Å². The molecule has 0 spiro atoms. The van der Waals surface area contributed by atoms with Gasteiger partial charge in [0.2, 0.25) is 0 Å². The zero-order valence-corrected chi connectivity index (χ0v) is 12.2. The van der Waals surface area contributed by atoms with Gasteiger partial charge < -0.3 is 14.8 Å². The molecule has 1 aliphatic rings. The highest BCUT2D eigenvalue weighted by atomic mass is 16.5. The maximum absolute atomic E-state index is 12.0. The molecule has 1 fully saturated rings. The summed E-state index contributed by atoms with van der Waals surface area (Å²) < 4.78 is 11.2. The Morgan fingerprint density at radius 1 is 1.50 bits per heavy atom. The average molecular weight is 277 g/mol. The monoisotopic (exact) mass is 277 g/mol.